The number of carbonyl (C=O) groups excluding carboxylic acids is 1. The van der Waals surface area contributed by atoms with E-state index in [1.54, 1.807) is 28.8 Å². The number of hydrogen-bond donors (Lipinski definition) is 1. The number of hydrogen-bond acceptors (Lipinski definition) is 7. The van der Waals surface area contributed by atoms with E-state index in [0.29, 0.717) is 17.0 Å². The van der Waals surface area contributed by atoms with Crippen LogP contribution in [0.3, 0.4) is 0 Å². The number of imidazole rings is 1. The van der Waals surface area contributed by atoms with Crippen LogP contribution in [0.5, 0.6) is 0 Å². The monoisotopic (exact) mass is 431 g/mol. The van der Waals surface area contributed by atoms with E-state index < -0.39 is 11.2 Å². The van der Waals surface area contributed by atoms with Crippen LogP contribution in [0.15, 0.2) is 58.6 Å². The number of nitrogens with one attached hydrogen (secondary N) is 1. The molecule has 4 heterocycles. The Balaban J connectivity index is 1.41. The zero-order chi connectivity index (χ0) is 22.4. The number of rotatable bonds is 4. The van der Waals surface area contributed by atoms with Gasteiger partial charge in [0.2, 0.25) is 5.91 Å². The van der Waals surface area contributed by atoms with Crippen LogP contribution in [0, 0.1) is 0 Å². The molecule has 0 saturated heterocycles. The van der Waals surface area contributed by atoms with E-state index in [9.17, 15) is 14.4 Å². The molecule has 12 nitrogen and oxygen atoms in total. The Kier molecular flexibility index (Phi) is 4.40. The van der Waals surface area contributed by atoms with Crippen molar-refractivity contribution in [3.8, 4) is 11.3 Å². The molecule has 0 atom stereocenters. The highest BCUT2D eigenvalue weighted by Crippen LogP contribution is 2.21. The van der Waals surface area contributed by atoms with Crippen molar-refractivity contribution in [1.29, 1.82) is 0 Å². The maximum Gasteiger partial charge on any atom is 0.332 e. The van der Waals surface area contributed by atoms with Crippen LogP contribution >= 0.6 is 0 Å². The molecule has 160 valence electrons. The van der Waals surface area contributed by atoms with Crippen molar-refractivity contribution < 1.29 is 4.79 Å². The van der Waals surface area contributed by atoms with E-state index in [2.05, 4.69) is 25.6 Å². The maximum atomic E-state index is 12.7. The van der Waals surface area contributed by atoms with Gasteiger partial charge in [0.25, 0.3) is 5.56 Å². The molecule has 0 unspecified atom stereocenters. The number of aryl methyl sites for hydroxylation is 1. The van der Waals surface area contributed by atoms with Crippen LogP contribution in [-0.4, -0.2) is 44.4 Å². The summed E-state index contributed by atoms with van der Waals surface area (Å²) in [7, 11) is 2.91. The third-order valence-electron chi connectivity index (χ3n) is 5.13. The normalized spacial score (nSPS) is 11.3. The Morgan fingerprint density at radius 1 is 1.06 bits per heavy atom. The van der Waals surface area contributed by atoms with Crippen molar-refractivity contribution in [3.05, 3.63) is 69.9 Å². The van der Waals surface area contributed by atoms with Crippen molar-refractivity contribution >= 4 is 28.4 Å². The first kappa shape index (κ1) is 19.4. The molecule has 12 heteroatoms. The average molecular weight is 431 g/mol. The number of benzene rings is 1. The summed E-state index contributed by atoms with van der Waals surface area (Å²) in [5.41, 5.74) is 2.12. The summed E-state index contributed by atoms with van der Waals surface area (Å²) >= 11 is 0. The van der Waals surface area contributed by atoms with Crippen LogP contribution in [0.2, 0.25) is 0 Å². The zero-order valence-electron chi connectivity index (χ0n) is 17.1. The van der Waals surface area contributed by atoms with Gasteiger partial charge in [0.15, 0.2) is 16.8 Å². The third-order valence-corrected chi connectivity index (χ3v) is 5.13. The highest BCUT2D eigenvalue weighted by molar-refractivity contribution is 5.92. The smallest absolute Gasteiger partial charge is 0.325 e. The van der Waals surface area contributed by atoms with Gasteiger partial charge in [0, 0.05) is 25.3 Å². The van der Waals surface area contributed by atoms with Gasteiger partial charge in [-0.25, -0.2) is 9.78 Å². The van der Waals surface area contributed by atoms with Gasteiger partial charge in [-0.1, -0.05) is 12.1 Å². The van der Waals surface area contributed by atoms with Crippen molar-refractivity contribution in [2.24, 2.45) is 14.1 Å². The van der Waals surface area contributed by atoms with Gasteiger partial charge in [-0.15, -0.1) is 10.2 Å². The van der Waals surface area contributed by atoms with E-state index in [1.165, 1.54) is 35.9 Å². The molecule has 0 spiro atoms. The van der Waals surface area contributed by atoms with E-state index in [0.717, 1.165) is 10.1 Å². The molecule has 1 aromatic carbocycles. The zero-order valence-corrected chi connectivity index (χ0v) is 17.1. The van der Waals surface area contributed by atoms with Gasteiger partial charge in [-0.2, -0.15) is 9.61 Å². The van der Waals surface area contributed by atoms with Gasteiger partial charge >= 0.3 is 5.69 Å². The van der Waals surface area contributed by atoms with E-state index >= 15 is 0 Å². The Morgan fingerprint density at radius 2 is 1.91 bits per heavy atom. The molecule has 5 rings (SSSR count). The molecular weight excluding hydrogens is 414 g/mol. The topological polar surface area (TPSA) is 134 Å². The average Bonchev–Trinajstić information content (AvgIpc) is 3.43. The predicted octanol–water partition coefficient (Wildman–Crippen LogP) is 0.177. The van der Waals surface area contributed by atoms with Crippen LogP contribution in [0.1, 0.15) is 0 Å². The third kappa shape index (κ3) is 3.14. The molecule has 5 aromatic rings. The quantitative estimate of drug-likeness (QED) is 0.429. The lowest BCUT2D eigenvalue weighted by Gasteiger charge is -2.09. The van der Waals surface area contributed by atoms with Gasteiger partial charge < -0.3 is 9.88 Å². The van der Waals surface area contributed by atoms with E-state index in [4.69, 9.17) is 0 Å². The first-order valence-corrected chi connectivity index (χ1v) is 9.60. The van der Waals surface area contributed by atoms with Crippen molar-refractivity contribution in [3.63, 3.8) is 0 Å². The highest BCUT2D eigenvalue weighted by atomic mass is 16.2. The fourth-order valence-electron chi connectivity index (χ4n) is 3.51. The van der Waals surface area contributed by atoms with Gasteiger partial charge in [0.05, 0.1) is 12.0 Å². The molecule has 1 N–H and O–H groups in total. The number of aromatic nitrogens is 8. The molecule has 0 aliphatic rings. The molecule has 0 saturated carbocycles. The van der Waals surface area contributed by atoms with Gasteiger partial charge in [0.1, 0.15) is 12.9 Å². The van der Waals surface area contributed by atoms with Gasteiger partial charge in [-0.3, -0.25) is 18.7 Å². The second-order valence-corrected chi connectivity index (χ2v) is 7.23. The van der Waals surface area contributed by atoms with Crippen LogP contribution in [0.25, 0.3) is 28.1 Å². The minimum Gasteiger partial charge on any atom is -0.325 e. The molecule has 0 bridgehead atoms. The maximum absolute atomic E-state index is 12.7. The first-order chi connectivity index (χ1) is 15.4. The summed E-state index contributed by atoms with van der Waals surface area (Å²) in [5, 5.41) is 15.0. The summed E-state index contributed by atoms with van der Waals surface area (Å²) in [6, 6.07) is 10.9. The molecular formula is C20H17N9O3. The second kappa shape index (κ2) is 7.27. The number of amides is 1. The second-order valence-electron chi connectivity index (χ2n) is 7.23. The summed E-state index contributed by atoms with van der Waals surface area (Å²) in [6.45, 7) is -0.140. The predicted molar refractivity (Wildman–Crippen MR) is 115 cm³/mol. The summed E-state index contributed by atoms with van der Waals surface area (Å²) in [6.07, 6.45) is 2.89. The SMILES string of the molecule is Cn1c(=O)c2c(ncn2CC(=O)Nc2cccc(-c3ccc4nncn4n3)c2)n(C)c1=O. The number of anilines is 1. The molecule has 0 aliphatic carbocycles. The lowest BCUT2D eigenvalue weighted by Crippen LogP contribution is -2.37. The van der Waals surface area contributed by atoms with Crippen LogP contribution in [-0.2, 0) is 25.4 Å². The number of carbonyl (C=O) groups is 1. The molecule has 1 amide bonds. The number of fused-ring (bicyclic) bond motifs is 2. The van der Waals surface area contributed by atoms with Crippen LogP contribution in [0.4, 0.5) is 5.69 Å². The van der Waals surface area contributed by atoms with E-state index in [1.807, 2.05) is 12.1 Å². The Labute approximate surface area is 179 Å². The Bertz CT molecular complexity index is 1620. The fraction of sp³-hybridized carbons (Fsp3) is 0.150. The number of nitrogens with zero attached hydrogens (tertiary/aromatic N) is 8. The minimum atomic E-state index is -0.508. The lowest BCUT2D eigenvalue weighted by atomic mass is 10.1. The Morgan fingerprint density at radius 3 is 2.75 bits per heavy atom. The fourth-order valence-corrected chi connectivity index (χ4v) is 3.51. The molecule has 0 fully saturated rings. The summed E-state index contributed by atoms with van der Waals surface area (Å²) < 4.78 is 5.26. The van der Waals surface area contributed by atoms with Crippen molar-refractivity contribution in [2.45, 2.75) is 6.54 Å². The summed E-state index contributed by atoms with van der Waals surface area (Å²) in [4.78, 5) is 41.4. The lowest BCUT2D eigenvalue weighted by molar-refractivity contribution is -0.116. The molecule has 32 heavy (non-hydrogen) atoms. The van der Waals surface area contributed by atoms with Gasteiger partial charge in [-0.05, 0) is 24.3 Å². The van der Waals surface area contributed by atoms with Crippen molar-refractivity contribution in [2.75, 3.05) is 5.32 Å². The van der Waals surface area contributed by atoms with E-state index in [-0.39, 0.29) is 23.6 Å². The largest absolute Gasteiger partial charge is 0.332 e. The van der Waals surface area contributed by atoms with Crippen molar-refractivity contribution in [1.82, 2.24) is 38.5 Å². The molecule has 0 radical (unpaired) electrons. The molecule has 4 aromatic heterocycles. The van der Waals surface area contributed by atoms with Crippen LogP contribution < -0.4 is 16.6 Å². The standard InChI is InChI=1S/C20H17N9O3/c1-26-18-17(19(31)27(2)20(26)32)28(10-21-18)9-16(30)23-13-5-3-4-12(8-13)14-6-7-15-24-22-11-29(15)25-14/h3-8,10-11H,9H2,1-2H3,(H,23,30). The highest BCUT2D eigenvalue weighted by Gasteiger charge is 2.16. The summed E-state index contributed by atoms with van der Waals surface area (Å²) in [5.74, 6) is -0.348. The molecule has 0 aliphatic heterocycles. The Hall–Kier alpha value is -4.61. The first-order valence-electron chi connectivity index (χ1n) is 9.60. The minimum absolute atomic E-state index is 0.140.